The Kier molecular flexibility index (Phi) is 4.36. The molecule has 0 unspecified atom stereocenters. The van der Waals surface area contributed by atoms with Crippen molar-refractivity contribution in [1.29, 1.82) is 0 Å². The van der Waals surface area contributed by atoms with Gasteiger partial charge in [0.15, 0.2) is 0 Å². The van der Waals surface area contributed by atoms with Crippen molar-refractivity contribution in [2.24, 2.45) is 0 Å². The molecule has 1 amide bonds. The van der Waals surface area contributed by atoms with Crippen LogP contribution in [0.4, 0.5) is 11.4 Å². The van der Waals surface area contributed by atoms with Crippen LogP contribution in [0.3, 0.4) is 0 Å². The molecule has 0 saturated heterocycles. The van der Waals surface area contributed by atoms with Crippen molar-refractivity contribution in [2.75, 3.05) is 11.1 Å². The van der Waals surface area contributed by atoms with Crippen LogP contribution in [0.2, 0.25) is 0 Å². The Morgan fingerprint density at radius 1 is 1.28 bits per heavy atom. The summed E-state index contributed by atoms with van der Waals surface area (Å²) in [6, 6.07) is 11.4. The fourth-order valence-corrected chi connectivity index (χ4v) is 2.47. The maximum absolute atomic E-state index is 11.7. The highest BCUT2D eigenvalue weighted by Crippen LogP contribution is 2.14. The highest BCUT2D eigenvalue weighted by atomic mass is 32.1. The second-order valence-corrected chi connectivity index (χ2v) is 5.14. The highest BCUT2D eigenvalue weighted by molar-refractivity contribution is 7.09. The summed E-state index contributed by atoms with van der Waals surface area (Å²) in [5.41, 5.74) is 7.07. The first kappa shape index (κ1) is 12.6. The summed E-state index contributed by atoms with van der Waals surface area (Å²) in [5, 5.41) is 4.90. The van der Waals surface area contributed by atoms with Crippen LogP contribution in [0.5, 0.6) is 0 Å². The molecule has 18 heavy (non-hydrogen) atoms. The van der Waals surface area contributed by atoms with Gasteiger partial charge in [0.2, 0.25) is 5.91 Å². The molecule has 3 nitrogen and oxygen atoms in total. The number of nitrogens with one attached hydrogen (secondary N) is 1. The Morgan fingerprint density at radius 3 is 2.89 bits per heavy atom. The molecule has 0 aliphatic heterocycles. The lowest BCUT2D eigenvalue weighted by Crippen LogP contribution is -2.11. The number of aryl methyl sites for hydroxylation is 1. The van der Waals surface area contributed by atoms with Gasteiger partial charge in [-0.3, -0.25) is 4.79 Å². The van der Waals surface area contributed by atoms with Crippen LogP contribution in [0.15, 0.2) is 41.8 Å². The number of carbonyl (C=O) groups excluding carboxylic acids is 1. The molecule has 0 aliphatic carbocycles. The Morgan fingerprint density at radius 2 is 2.17 bits per heavy atom. The molecule has 1 heterocycles. The molecule has 1 aromatic heterocycles. The number of hydrogen-bond donors (Lipinski definition) is 2. The van der Waals surface area contributed by atoms with Crippen molar-refractivity contribution in [2.45, 2.75) is 19.3 Å². The van der Waals surface area contributed by atoms with Gasteiger partial charge in [0, 0.05) is 22.7 Å². The number of thiophene rings is 1. The fraction of sp³-hybridized carbons (Fsp3) is 0.214. The van der Waals surface area contributed by atoms with E-state index in [9.17, 15) is 4.79 Å². The number of amides is 1. The van der Waals surface area contributed by atoms with Gasteiger partial charge in [0.05, 0.1) is 0 Å². The molecule has 2 aromatic rings. The number of nitrogen functional groups attached to an aromatic ring is 1. The van der Waals surface area contributed by atoms with Gasteiger partial charge in [0.1, 0.15) is 0 Å². The second kappa shape index (κ2) is 6.21. The van der Waals surface area contributed by atoms with Crippen LogP contribution < -0.4 is 11.1 Å². The molecule has 2 rings (SSSR count). The molecule has 0 atom stereocenters. The van der Waals surface area contributed by atoms with E-state index >= 15 is 0 Å². The molecule has 0 fully saturated rings. The van der Waals surface area contributed by atoms with Crippen LogP contribution in [0, 0.1) is 0 Å². The standard InChI is InChI=1S/C14H16N2OS/c15-11-4-1-5-12(10-11)16-14(17)8-2-6-13-7-3-9-18-13/h1,3-5,7,9-10H,2,6,8,15H2,(H,16,17). The van der Waals surface area contributed by atoms with Crippen LogP contribution in [0.25, 0.3) is 0 Å². The lowest BCUT2D eigenvalue weighted by Gasteiger charge is -2.05. The number of anilines is 2. The monoisotopic (exact) mass is 260 g/mol. The molecule has 0 radical (unpaired) electrons. The van der Waals surface area contributed by atoms with Crippen molar-refractivity contribution in [3.05, 3.63) is 46.7 Å². The molecule has 0 saturated carbocycles. The molecule has 0 aliphatic rings. The predicted octanol–water partition coefficient (Wildman–Crippen LogP) is 3.29. The Bertz CT molecular complexity index is 508. The van der Waals surface area contributed by atoms with Crippen molar-refractivity contribution < 1.29 is 4.79 Å². The Balaban J connectivity index is 1.75. The van der Waals surface area contributed by atoms with Crippen molar-refractivity contribution in [3.8, 4) is 0 Å². The predicted molar refractivity (Wildman–Crippen MR) is 76.7 cm³/mol. The number of carbonyl (C=O) groups is 1. The summed E-state index contributed by atoms with van der Waals surface area (Å²) in [6.45, 7) is 0. The third-order valence-electron chi connectivity index (χ3n) is 2.58. The van der Waals surface area contributed by atoms with E-state index in [1.807, 2.05) is 18.2 Å². The Labute approximate surface area is 111 Å². The normalized spacial score (nSPS) is 10.2. The van der Waals surface area contributed by atoms with E-state index in [2.05, 4.69) is 16.8 Å². The van der Waals surface area contributed by atoms with E-state index in [1.54, 1.807) is 23.5 Å². The van der Waals surface area contributed by atoms with Crippen LogP contribution in [0.1, 0.15) is 17.7 Å². The molecular weight excluding hydrogens is 244 g/mol. The van der Waals surface area contributed by atoms with E-state index in [0.29, 0.717) is 12.1 Å². The van der Waals surface area contributed by atoms with Crippen LogP contribution >= 0.6 is 11.3 Å². The average Bonchev–Trinajstić information content (AvgIpc) is 2.82. The zero-order chi connectivity index (χ0) is 12.8. The van der Waals surface area contributed by atoms with Gasteiger partial charge in [0.25, 0.3) is 0 Å². The van der Waals surface area contributed by atoms with Crippen LogP contribution in [-0.2, 0) is 11.2 Å². The second-order valence-electron chi connectivity index (χ2n) is 4.11. The van der Waals surface area contributed by atoms with Gasteiger partial charge in [-0.2, -0.15) is 0 Å². The molecular formula is C14H16N2OS. The largest absolute Gasteiger partial charge is 0.399 e. The first-order valence-corrected chi connectivity index (χ1v) is 6.80. The summed E-state index contributed by atoms with van der Waals surface area (Å²) >= 11 is 1.73. The number of rotatable bonds is 5. The number of nitrogens with two attached hydrogens (primary N) is 1. The minimum absolute atomic E-state index is 0.0390. The van der Waals surface area contributed by atoms with Gasteiger partial charge < -0.3 is 11.1 Å². The molecule has 3 N–H and O–H groups in total. The fourth-order valence-electron chi connectivity index (χ4n) is 1.72. The lowest BCUT2D eigenvalue weighted by molar-refractivity contribution is -0.116. The summed E-state index contributed by atoms with van der Waals surface area (Å²) in [7, 11) is 0. The minimum atomic E-state index is 0.0390. The summed E-state index contributed by atoms with van der Waals surface area (Å²) in [5.74, 6) is 0.0390. The lowest BCUT2D eigenvalue weighted by atomic mass is 10.2. The zero-order valence-corrected chi connectivity index (χ0v) is 10.9. The quantitative estimate of drug-likeness (QED) is 0.810. The van der Waals surface area contributed by atoms with Gasteiger partial charge in [-0.05, 0) is 42.5 Å². The van der Waals surface area contributed by atoms with Crippen molar-refractivity contribution in [3.63, 3.8) is 0 Å². The van der Waals surface area contributed by atoms with Gasteiger partial charge >= 0.3 is 0 Å². The van der Waals surface area contributed by atoms with Crippen molar-refractivity contribution >= 4 is 28.6 Å². The van der Waals surface area contributed by atoms with Crippen molar-refractivity contribution in [1.82, 2.24) is 0 Å². The highest BCUT2D eigenvalue weighted by Gasteiger charge is 2.03. The van der Waals surface area contributed by atoms with E-state index in [1.165, 1.54) is 4.88 Å². The zero-order valence-electron chi connectivity index (χ0n) is 10.1. The van der Waals surface area contributed by atoms with Gasteiger partial charge in [-0.25, -0.2) is 0 Å². The first-order chi connectivity index (χ1) is 8.74. The molecule has 1 aromatic carbocycles. The van der Waals surface area contributed by atoms with E-state index in [0.717, 1.165) is 18.5 Å². The molecule has 0 bridgehead atoms. The topological polar surface area (TPSA) is 55.1 Å². The summed E-state index contributed by atoms with van der Waals surface area (Å²) < 4.78 is 0. The minimum Gasteiger partial charge on any atom is -0.399 e. The number of benzene rings is 1. The van der Waals surface area contributed by atoms with E-state index in [-0.39, 0.29) is 5.91 Å². The molecule has 0 spiro atoms. The Hall–Kier alpha value is -1.81. The van der Waals surface area contributed by atoms with Crippen LogP contribution in [-0.4, -0.2) is 5.91 Å². The third kappa shape index (κ3) is 3.89. The first-order valence-electron chi connectivity index (χ1n) is 5.92. The summed E-state index contributed by atoms with van der Waals surface area (Å²) in [6.07, 6.45) is 2.36. The maximum Gasteiger partial charge on any atom is 0.224 e. The molecule has 94 valence electrons. The smallest absolute Gasteiger partial charge is 0.224 e. The maximum atomic E-state index is 11.7. The van der Waals surface area contributed by atoms with E-state index in [4.69, 9.17) is 5.73 Å². The van der Waals surface area contributed by atoms with E-state index < -0.39 is 0 Å². The van der Waals surface area contributed by atoms with Gasteiger partial charge in [-0.15, -0.1) is 11.3 Å². The molecule has 4 heteroatoms. The van der Waals surface area contributed by atoms with Gasteiger partial charge in [-0.1, -0.05) is 12.1 Å². The third-order valence-corrected chi connectivity index (χ3v) is 3.51. The SMILES string of the molecule is Nc1cccc(NC(=O)CCCc2cccs2)c1. The number of hydrogen-bond acceptors (Lipinski definition) is 3. The summed E-state index contributed by atoms with van der Waals surface area (Å²) in [4.78, 5) is 13.0. The average molecular weight is 260 g/mol.